The zero-order valence-corrected chi connectivity index (χ0v) is 10.9. The van der Waals surface area contributed by atoms with Gasteiger partial charge in [0.25, 0.3) is 6.71 Å². The number of nitrogens with zero attached hydrogens (tertiary/aromatic N) is 1. The van der Waals surface area contributed by atoms with E-state index in [2.05, 4.69) is 12.9 Å². The SMILES string of the molecule is COC(=O)C1(C)CC2CC(C)B(C#N)C(C2)C1. The molecule has 4 heteroatoms. The second-order valence-electron chi connectivity index (χ2n) is 6.19. The molecule has 4 unspecified atom stereocenters. The van der Waals surface area contributed by atoms with Crippen molar-refractivity contribution in [2.24, 2.45) is 11.3 Å². The number of hydrogen-bond acceptors (Lipinski definition) is 3. The minimum absolute atomic E-state index is 0.0987. The van der Waals surface area contributed by atoms with Gasteiger partial charge in [-0.25, -0.2) is 5.26 Å². The third kappa shape index (κ3) is 2.08. The van der Waals surface area contributed by atoms with E-state index >= 15 is 0 Å². The van der Waals surface area contributed by atoms with Crippen molar-refractivity contribution in [3.8, 4) is 5.97 Å². The zero-order valence-electron chi connectivity index (χ0n) is 10.9. The molecule has 92 valence electrons. The summed E-state index contributed by atoms with van der Waals surface area (Å²) in [5.74, 6) is 3.81. The molecule has 2 fully saturated rings. The maximum atomic E-state index is 11.9. The molecular weight excluding hydrogens is 213 g/mol. The van der Waals surface area contributed by atoms with Gasteiger partial charge >= 0.3 is 5.97 Å². The molecule has 0 aromatic rings. The lowest BCUT2D eigenvalue weighted by atomic mass is 9.28. The van der Waals surface area contributed by atoms with Crippen LogP contribution in [0, 0.1) is 22.6 Å². The van der Waals surface area contributed by atoms with Gasteiger partial charge in [0, 0.05) is 5.97 Å². The molecule has 2 aliphatic rings. The summed E-state index contributed by atoms with van der Waals surface area (Å²) < 4.78 is 4.93. The van der Waals surface area contributed by atoms with Gasteiger partial charge in [-0.15, -0.1) is 0 Å². The van der Waals surface area contributed by atoms with Crippen LogP contribution in [0.25, 0.3) is 0 Å². The van der Waals surface area contributed by atoms with Gasteiger partial charge in [-0.1, -0.05) is 19.8 Å². The summed E-state index contributed by atoms with van der Waals surface area (Å²) in [7, 11) is 1.46. The first-order valence-electron chi connectivity index (χ1n) is 6.48. The van der Waals surface area contributed by atoms with E-state index in [0.717, 1.165) is 25.7 Å². The minimum Gasteiger partial charge on any atom is -0.469 e. The molecule has 1 aliphatic heterocycles. The van der Waals surface area contributed by atoms with E-state index in [1.54, 1.807) is 0 Å². The predicted octanol–water partition coefficient (Wildman–Crippen LogP) is 2.69. The highest BCUT2D eigenvalue weighted by Gasteiger charge is 2.50. The van der Waals surface area contributed by atoms with Crippen LogP contribution in [-0.2, 0) is 9.53 Å². The van der Waals surface area contributed by atoms with Crippen molar-refractivity contribution in [3.05, 3.63) is 0 Å². The molecule has 1 heterocycles. The van der Waals surface area contributed by atoms with E-state index in [1.165, 1.54) is 7.11 Å². The average Bonchev–Trinajstić information content (AvgIpc) is 2.27. The van der Waals surface area contributed by atoms with Crippen LogP contribution in [0.5, 0.6) is 0 Å². The molecule has 0 aromatic carbocycles. The Morgan fingerprint density at radius 2 is 2.18 bits per heavy atom. The smallest absolute Gasteiger partial charge is 0.311 e. The zero-order chi connectivity index (χ0) is 12.6. The van der Waals surface area contributed by atoms with Crippen molar-refractivity contribution in [1.82, 2.24) is 0 Å². The standard InChI is InChI=1S/C13H20BNO2/c1-9-4-10-5-11(14(9)8-15)7-13(2,6-10)12(16)17-3/h9-11H,4-7H2,1-3H3. The Morgan fingerprint density at radius 1 is 1.47 bits per heavy atom. The van der Waals surface area contributed by atoms with Crippen molar-refractivity contribution in [2.75, 3.05) is 7.11 Å². The van der Waals surface area contributed by atoms with Gasteiger partial charge in [-0.2, -0.15) is 0 Å². The fourth-order valence-corrected chi connectivity index (χ4v) is 4.13. The van der Waals surface area contributed by atoms with Gasteiger partial charge in [0.05, 0.1) is 12.5 Å². The molecule has 4 atom stereocenters. The molecule has 1 saturated heterocycles. The van der Waals surface area contributed by atoms with Crippen LogP contribution >= 0.6 is 0 Å². The number of rotatable bonds is 1. The summed E-state index contributed by atoms with van der Waals surface area (Å²) in [6, 6.07) is 0. The van der Waals surface area contributed by atoms with E-state index in [1.807, 2.05) is 6.92 Å². The van der Waals surface area contributed by atoms with Gasteiger partial charge in [-0.05, 0) is 37.3 Å². The van der Waals surface area contributed by atoms with Gasteiger partial charge in [-0.3, -0.25) is 4.79 Å². The largest absolute Gasteiger partial charge is 0.469 e. The van der Waals surface area contributed by atoms with Crippen molar-refractivity contribution in [1.29, 1.82) is 5.26 Å². The van der Waals surface area contributed by atoms with Crippen LogP contribution in [0.15, 0.2) is 0 Å². The van der Waals surface area contributed by atoms with E-state index in [0.29, 0.717) is 17.6 Å². The molecule has 17 heavy (non-hydrogen) atoms. The number of carbonyl (C=O) groups excluding carboxylic acids is 1. The van der Waals surface area contributed by atoms with Crippen molar-refractivity contribution in [2.45, 2.75) is 51.2 Å². The number of esters is 1. The molecular formula is C13H20BNO2. The fraction of sp³-hybridized carbons (Fsp3) is 0.846. The molecule has 1 saturated carbocycles. The number of nitriles is 1. The predicted molar refractivity (Wildman–Crippen MR) is 66.6 cm³/mol. The summed E-state index contributed by atoms with van der Waals surface area (Å²) in [4.78, 5) is 11.9. The topological polar surface area (TPSA) is 50.1 Å². The highest BCUT2D eigenvalue weighted by molar-refractivity contribution is 6.70. The number of ether oxygens (including phenoxy) is 1. The highest BCUT2D eigenvalue weighted by Crippen LogP contribution is 2.54. The van der Waals surface area contributed by atoms with E-state index in [-0.39, 0.29) is 18.1 Å². The first-order valence-corrected chi connectivity index (χ1v) is 6.48. The Morgan fingerprint density at radius 3 is 2.76 bits per heavy atom. The van der Waals surface area contributed by atoms with Crippen LogP contribution in [0.4, 0.5) is 0 Å². The maximum Gasteiger partial charge on any atom is 0.311 e. The van der Waals surface area contributed by atoms with Crippen LogP contribution in [0.2, 0.25) is 11.6 Å². The molecule has 3 nitrogen and oxygen atoms in total. The Kier molecular flexibility index (Phi) is 3.20. The van der Waals surface area contributed by atoms with Crippen molar-refractivity contribution < 1.29 is 9.53 Å². The van der Waals surface area contributed by atoms with Crippen molar-refractivity contribution >= 4 is 12.7 Å². The molecule has 0 aromatic heterocycles. The minimum atomic E-state index is -0.364. The molecule has 2 bridgehead atoms. The monoisotopic (exact) mass is 233 g/mol. The lowest BCUT2D eigenvalue weighted by Gasteiger charge is -2.46. The summed E-state index contributed by atoms with van der Waals surface area (Å²) >= 11 is 0. The summed E-state index contributed by atoms with van der Waals surface area (Å²) in [6.07, 6.45) is 3.95. The van der Waals surface area contributed by atoms with Crippen molar-refractivity contribution in [3.63, 3.8) is 0 Å². The Balaban J connectivity index is 2.20. The van der Waals surface area contributed by atoms with Gasteiger partial charge in [0.1, 0.15) is 0 Å². The van der Waals surface area contributed by atoms with Gasteiger partial charge in [0.15, 0.2) is 0 Å². The van der Waals surface area contributed by atoms with E-state index in [4.69, 9.17) is 4.74 Å². The maximum absolute atomic E-state index is 11.9. The van der Waals surface area contributed by atoms with Gasteiger partial charge < -0.3 is 4.74 Å². The molecule has 0 N–H and O–H groups in total. The first kappa shape index (κ1) is 12.5. The number of methoxy groups -OCH3 is 1. The van der Waals surface area contributed by atoms with Crippen LogP contribution < -0.4 is 0 Å². The third-order valence-corrected chi connectivity index (χ3v) is 4.74. The first-order chi connectivity index (χ1) is 8.00. The second-order valence-corrected chi connectivity index (χ2v) is 6.19. The molecule has 1 aliphatic carbocycles. The van der Waals surface area contributed by atoms with E-state index in [9.17, 15) is 10.1 Å². The van der Waals surface area contributed by atoms with Crippen LogP contribution in [0.1, 0.15) is 39.5 Å². The number of hydrogen-bond donors (Lipinski definition) is 0. The quantitative estimate of drug-likeness (QED) is 0.516. The normalized spacial score (nSPS) is 40.6. The molecule has 0 spiro atoms. The van der Waals surface area contributed by atoms with Gasteiger partial charge in [0.2, 0.25) is 0 Å². The second kappa shape index (κ2) is 4.36. The molecule has 2 rings (SSSR count). The molecule has 0 amide bonds. The summed E-state index contributed by atoms with van der Waals surface area (Å²) in [6.45, 7) is 4.30. The van der Waals surface area contributed by atoms with Crippen LogP contribution in [0.3, 0.4) is 0 Å². The lowest BCUT2D eigenvalue weighted by molar-refractivity contribution is -0.154. The molecule has 0 radical (unpaired) electrons. The summed E-state index contributed by atoms with van der Waals surface area (Å²) in [5.41, 5.74) is -0.364. The average molecular weight is 233 g/mol. The number of fused-ring (bicyclic) bond motifs is 2. The summed E-state index contributed by atoms with van der Waals surface area (Å²) in [5, 5.41) is 9.27. The lowest BCUT2D eigenvalue weighted by Crippen LogP contribution is -2.45. The van der Waals surface area contributed by atoms with Crippen LogP contribution in [-0.4, -0.2) is 19.8 Å². The number of carbonyl (C=O) groups is 1. The Labute approximate surface area is 104 Å². The third-order valence-electron chi connectivity index (χ3n) is 4.74. The van der Waals surface area contributed by atoms with E-state index < -0.39 is 0 Å². The fourth-order valence-electron chi connectivity index (χ4n) is 4.13. The Bertz CT molecular complexity index is 363. The Hall–Kier alpha value is -0.975. The highest BCUT2D eigenvalue weighted by atomic mass is 16.5.